The topological polar surface area (TPSA) is 92.2 Å². The maximum Gasteiger partial charge on any atom is 0.253 e. The Kier molecular flexibility index (Phi) is 8.20. The summed E-state index contributed by atoms with van der Waals surface area (Å²) in [4.78, 5) is 21.8. The lowest BCUT2D eigenvalue weighted by molar-refractivity contribution is 0.0617. The highest BCUT2D eigenvalue weighted by molar-refractivity contribution is 5.80. The highest BCUT2D eigenvalue weighted by Crippen LogP contribution is 2.30. The monoisotopic (exact) mass is 541 g/mol. The summed E-state index contributed by atoms with van der Waals surface area (Å²) in [6.07, 6.45) is 7.44. The largest absolute Gasteiger partial charge is 0.494 e. The van der Waals surface area contributed by atoms with Gasteiger partial charge >= 0.3 is 0 Å². The van der Waals surface area contributed by atoms with E-state index in [1.165, 1.54) is 37.7 Å². The number of H-pyrrole nitrogens is 1. The van der Waals surface area contributed by atoms with E-state index in [0.29, 0.717) is 30.6 Å². The first-order chi connectivity index (χ1) is 19.7. The van der Waals surface area contributed by atoms with Crippen molar-refractivity contribution in [1.82, 2.24) is 35.0 Å². The Balaban J connectivity index is 1.33. The molecule has 210 valence electrons. The van der Waals surface area contributed by atoms with Crippen molar-refractivity contribution in [2.24, 2.45) is 0 Å². The highest BCUT2D eigenvalue weighted by Gasteiger charge is 2.34. The van der Waals surface area contributed by atoms with Crippen LogP contribution in [0.25, 0.3) is 10.9 Å². The highest BCUT2D eigenvalue weighted by atomic mass is 16.5. The molecule has 2 fully saturated rings. The van der Waals surface area contributed by atoms with E-state index in [4.69, 9.17) is 4.74 Å². The molecule has 2 aliphatic rings. The predicted octanol–water partition coefficient (Wildman–Crippen LogP) is 4.20. The lowest BCUT2D eigenvalue weighted by atomic mass is 9.93. The minimum atomic E-state index is -0.344. The number of hydrogen-bond acceptors (Lipinski definition) is 7. The first kappa shape index (κ1) is 26.7. The molecule has 0 radical (unpaired) electrons. The smallest absolute Gasteiger partial charge is 0.253 e. The SMILES string of the molecule is CCOc1ccc2[nH]c(=O)c(C(c3nnnn3CCc3ccccc3)N3CCN(C4CCCCC4)CC3)cc2c1. The lowest BCUT2D eigenvalue weighted by Crippen LogP contribution is -2.52. The van der Waals surface area contributed by atoms with Crippen LogP contribution >= 0.6 is 0 Å². The Labute approximate surface area is 235 Å². The summed E-state index contributed by atoms with van der Waals surface area (Å²) in [5.41, 5.74) is 2.59. The molecule has 1 aliphatic carbocycles. The second-order valence-corrected chi connectivity index (χ2v) is 11.0. The van der Waals surface area contributed by atoms with Gasteiger partial charge in [-0.2, -0.15) is 0 Å². The average molecular weight is 542 g/mol. The molecule has 1 N–H and O–H groups in total. The lowest BCUT2D eigenvalue weighted by Gasteiger charge is -2.43. The van der Waals surface area contributed by atoms with Gasteiger partial charge in [0, 0.05) is 55.2 Å². The number of ether oxygens (including phenoxy) is 1. The number of tetrazole rings is 1. The van der Waals surface area contributed by atoms with Crippen LogP contribution in [0.1, 0.15) is 62.0 Å². The zero-order chi connectivity index (χ0) is 27.3. The van der Waals surface area contributed by atoms with Crippen molar-refractivity contribution in [2.75, 3.05) is 32.8 Å². The molecule has 3 heterocycles. The van der Waals surface area contributed by atoms with Gasteiger partial charge in [0.1, 0.15) is 11.8 Å². The quantitative estimate of drug-likeness (QED) is 0.340. The van der Waals surface area contributed by atoms with Crippen molar-refractivity contribution in [2.45, 2.75) is 64.1 Å². The zero-order valence-electron chi connectivity index (χ0n) is 23.3. The number of pyridine rings is 1. The molecular weight excluding hydrogens is 502 g/mol. The fraction of sp³-hybridized carbons (Fsp3) is 0.484. The van der Waals surface area contributed by atoms with Gasteiger partial charge in [-0.15, -0.1) is 5.10 Å². The fourth-order valence-electron chi connectivity index (χ4n) is 6.41. The van der Waals surface area contributed by atoms with Crippen molar-refractivity contribution < 1.29 is 4.74 Å². The average Bonchev–Trinajstić information content (AvgIpc) is 3.46. The number of aromatic nitrogens is 5. The van der Waals surface area contributed by atoms with Crippen LogP contribution in [0.15, 0.2) is 59.4 Å². The van der Waals surface area contributed by atoms with Gasteiger partial charge in [0.15, 0.2) is 5.82 Å². The minimum Gasteiger partial charge on any atom is -0.494 e. The van der Waals surface area contributed by atoms with Gasteiger partial charge in [0.05, 0.1) is 6.61 Å². The van der Waals surface area contributed by atoms with E-state index in [1.807, 2.05) is 41.9 Å². The molecule has 2 aromatic carbocycles. The minimum absolute atomic E-state index is 0.103. The van der Waals surface area contributed by atoms with Crippen molar-refractivity contribution in [1.29, 1.82) is 0 Å². The van der Waals surface area contributed by atoms with E-state index < -0.39 is 0 Å². The van der Waals surface area contributed by atoms with E-state index in [2.05, 4.69) is 54.6 Å². The molecule has 1 saturated heterocycles. The number of aryl methyl sites for hydroxylation is 2. The molecule has 1 unspecified atom stereocenters. The number of benzene rings is 2. The molecular formula is C31H39N7O2. The van der Waals surface area contributed by atoms with Crippen LogP contribution in [-0.4, -0.2) is 73.8 Å². The first-order valence-electron chi connectivity index (χ1n) is 14.8. The molecule has 40 heavy (non-hydrogen) atoms. The van der Waals surface area contributed by atoms with Gasteiger partial charge in [-0.05, 0) is 66.4 Å². The van der Waals surface area contributed by atoms with Crippen LogP contribution in [0.3, 0.4) is 0 Å². The molecule has 0 spiro atoms. The summed E-state index contributed by atoms with van der Waals surface area (Å²) in [5.74, 6) is 1.51. The second kappa shape index (κ2) is 12.3. The molecule has 0 amide bonds. The number of piperazine rings is 1. The standard InChI is InChI=1S/C31H39N7O2/c1-2-40-26-13-14-28-24(21-26)22-27(31(39)32-28)29(37-19-17-36(18-20-37)25-11-7-4-8-12-25)30-33-34-35-38(30)16-15-23-9-5-3-6-10-23/h3,5-6,9-10,13-14,21-22,25,29H,2,4,7-8,11-12,15-20H2,1H3,(H,32,39). The van der Waals surface area contributed by atoms with Crippen LogP contribution in [0.4, 0.5) is 0 Å². The molecule has 1 atom stereocenters. The van der Waals surface area contributed by atoms with Crippen LogP contribution in [0.5, 0.6) is 5.75 Å². The number of rotatable bonds is 9. The molecule has 0 bridgehead atoms. The van der Waals surface area contributed by atoms with E-state index in [0.717, 1.165) is 49.3 Å². The van der Waals surface area contributed by atoms with Crippen LogP contribution < -0.4 is 10.3 Å². The third-order valence-corrected chi connectivity index (χ3v) is 8.51. The molecule has 2 aromatic heterocycles. The Morgan fingerprint density at radius 2 is 1.80 bits per heavy atom. The van der Waals surface area contributed by atoms with Crippen molar-refractivity contribution in [3.8, 4) is 5.75 Å². The zero-order valence-corrected chi connectivity index (χ0v) is 23.3. The summed E-state index contributed by atoms with van der Waals surface area (Å²) in [6, 6.07) is 18.5. The van der Waals surface area contributed by atoms with Crippen molar-refractivity contribution >= 4 is 10.9 Å². The predicted molar refractivity (Wildman–Crippen MR) is 156 cm³/mol. The van der Waals surface area contributed by atoms with Gasteiger partial charge < -0.3 is 9.72 Å². The summed E-state index contributed by atoms with van der Waals surface area (Å²) in [7, 11) is 0. The molecule has 9 nitrogen and oxygen atoms in total. The molecule has 9 heteroatoms. The maximum absolute atomic E-state index is 13.6. The third-order valence-electron chi connectivity index (χ3n) is 8.51. The maximum atomic E-state index is 13.6. The van der Waals surface area contributed by atoms with Crippen molar-refractivity contribution in [3.63, 3.8) is 0 Å². The third kappa shape index (κ3) is 5.81. The fourth-order valence-corrected chi connectivity index (χ4v) is 6.41. The van der Waals surface area contributed by atoms with E-state index in [-0.39, 0.29) is 11.6 Å². The Hall–Kier alpha value is -3.56. The van der Waals surface area contributed by atoms with Crippen LogP contribution in [-0.2, 0) is 13.0 Å². The Morgan fingerprint density at radius 3 is 2.58 bits per heavy atom. The molecule has 4 aromatic rings. The van der Waals surface area contributed by atoms with E-state index in [9.17, 15) is 4.79 Å². The van der Waals surface area contributed by atoms with Gasteiger partial charge in [0.2, 0.25) is 0 Å². The van der Waals surface area contributed by atoms with E-state index in [1.54, 1.807) is 0 Å². The molecule has 1 saturated carbocycles. The molecule has 6 rings (SSSR count). The first-order valence-corrected chi connectivity index (χ1v) is 14.8. The summed E-state index contributed by atoms with van der Waals surface area (Å²) in [5, 5.41) is 13.9. The van der Waals surface area contributed by atoms with Gasteiger partial charge in [-0.1, -0.05) is 49.6 Å². The number of aromatic amines is 1. The number of fused-ring (bicyclic) bond motifs is 1. The van der Waals surface area contributed by atoms with Crippen LogP contribution in [0.2, 0.25) is 0 Å². The molecule has 1 aliphatic heterocycles. The van der Waals surface area contributed by atoms with Gasteiger partial charge in [-0.25, -0.2) is 4.68 Å². The summed E-state index contributed by atoms with van der Waals surface area (Å²) >= 11 is 0. The summed E-state index contributed by atoms with van der Waals surface area (Å²) in [6.45, 7) is 6.92. The number of hydrogen-bond donors (Lipinski definition) is 1. The Morgan fingerprint density at radius 1 is 1.00 bits per heavy atom. The van der Waals surface area contributed by atoms with Crippen molar-refractivity contribution in [3.05, 3.63) is 81.9 Å². The van der Waals surface area contributed by atoms with E-state index >= 15 is 0 Å². The van der Waals surface area contributed by atoms with Crippen LogP contribution in [0, 0.1) is 0 Å². The second-order valence-electron chi connectivity index (χ2n) is 11.0. The van der Waals surface area contributed by atoms with Gasteiger partial charge in [-0.3, -0.25) is 14.6 Å². The number of nitrogens with zero attached hydrogens (tertiary/aromatic N) is 6. The Bertz CT molecular complexity index is 1450. The normalized spacial score (nSPS) is 18.2. The summed E-state index contributed by atoms with van der Waals surface area (Å²) < 4.78 is 7.63. The van der Waals surface area contributed by atoms with Gasteiger partial charge in [0.25, 0.3) is 5.56 Å². The number of nitrogens with one attached hydrogen (secondary N) is 1.